The van der Waals surface area contributed by atoms with Gasteiger partial charge < -0.3 is 0 Å². The van der Waals surface area contributed by atoms with Gasteiger partial charge in [-0.15, -0.1) is 0 Å². The van der Waals surface area contributed by atoms with Gasteiger partial charge in [-0.3, -0.25) is 4.79 Å². The number of alkyl halides is 3. The SMILES string of the molecule is CC(=O)SCCC(F)(F)CC(C)F. The Balaban J connectivity index is 3.68. The van der Waals surface area contributed by atoms with Gasteiger partial charge in [0, 0.05) is 25.5 Å². The van der Waals surface area contributed by atoms with Gasteiger partial charge in [0.15, 0.2) is 5.12 Å². The van der Waals surface area contributed by atoms with Gasteiger partial charge in [0.2, 0.25) is 0 Å². The number of hydrogen-bond acceptors (Lipinski definition) is 2. The van der Waals surface area contributed by atoms with Gasteiger partial charge in [-0.1, -0.05) is 11.8 Å². The molecule has 0 rings (SSSR count). The quantitative estimate of drug-likeness (QED) is 0.699. The van der Waals surface area contributed by atoms with Crippen molar-refractivity contribution in [3.05, 3.63) is 0 Å². The van der Waals surface area contributed by atoms with E-state index in [1.165, 1.54) is 6.92 Å². The fraction of sp³-hybridized carbons (Fsp3) is 0.875. The normalized spacial score (nSPS) is 14.2. The third-order valence-corrected chi connectivity index (χ3v) is 2.17. The highest BCUT2D eigenvalue weighted by atomic mass is 32.2. The molecule has 13 heavy (non-hydrogen) atoms. The van der Waals surface area contributed by atoms with Crippen LogP contribution in [0, 0.1) is 0 Å². The Morgan fingerprint density at radius 3 is 2.46 bits per heavy atom. The molecular weight excluding hydrogens is 201 g/mol. The molecule has 1 atom stereocenters. The van der Waals surface area contributed by atoms with E-state index in [0.29, 0.717) is 0 Å². The Morgan fingerprint density at radius 1 is 1.54 bits per heavy atom. The van der Waals surface area contributed by atoms with Crippen LogP contribution in [0.25, 0.3) is 0 Å². The summed E-state index contributed by atoms with van der Waals surface area (Å²) in [5, 5.41) is -0.191. The number of rotatable bonds is 5. The molecule has 78 valence electrons. The molecule has 0 radical (unpaired) electrons. The predicted octanol–water partition coefficient (Wildman–Crippen LogP) is 3.04. The van der Waals surface area contributed by atoms with E-state index in [2.05, 4.69) is 0 Å². The molecule has 0 saturated carbocycles. The second-order valence-corrected chi connectivity index (χ2v) is 4.20. The van der Waals surface area contributed by atoms with E-state index in [1.807, 2.05) is 0 Å². The fourth-order valence-corrected chi connectivity index (χ4v) is 1.55. The van der Waals surface area contributed by atoms with Crippen molar-refractivity contribution in [2.24, 2.45) is 0 Å². The van der Waals surface area contributed by atoms with Crippen molar-refractivity contribution >= 4 is 16.9 Å². The summed E-state index contributed by atoms with van der Waals surface area (Å²) in [5.41, 5.74) is 0. The van der Waals surface area contributed by atoms with E-state index in [-0.39, 0.29) is 10.9 Å². The summed E-state index contributed by atoms with van der Waals surface area (Å²) in [6, 6.07) is 0. The van der Waals surface area contributed by atoms with E-state index in [0.717, 1.165) is 18.7 Å². The Kier molecular flexibility index (Phi) is 5.44. The lowest BCUT2D eigenvalue weighted by atomic mass is 10.1. The number of carbonyl (C=O) groups is 1. The first-order valence-electron chi connectivity index (χ1n) is 3.99. The molecule has 0 amide bonds. The number of hydrogen-bond donors (Lipinski definition) is 0. The zero-order valence-corrected chi connectivity index (χ0v) is 8.47. The summed E-state index contributed by atoms with van der Waals surface area (Å²) in [6.07, 6.45) is -2.70. The van der Waals surface area contributed by atoms with Crippen LogP contribution in [0.3, 0.4) is 0 Å². The molecule has 0 heterocycles. The molecule has 0 aliphatic rings. The van der Waals surface area contributed by atoms with E-state index >= 15 is 0 Å². The summed E-state index contributed by atoms with van der Waals surface area (Å²) in [5.74, 6) is -2.94. The van der Waals surface area contributed by atoms with Crippen molar-refractivity contribution in [3.8, 4) is 0 Å². The largest absolute Gasteiger partial charge is 0.288 e. The van der Waals surface area contributed by atoms with Gasteiger partial charge in [-0.25, -0.2) is 13.2 Å². The van der Waals surface area contributed by atoms with Gasteiger partial charge in [-0.05, 0) is 6.92 Å². The second-order valence-electron chi connectivity index (χ2n) is 2.93. The van der Waals surface area contributed by atoms with Crippen LogP contribution >= 0.6 is 11.8 Å². The van der Waals surface area contributed by atoms with Crippen molar-refractivity contribution < 1.29 is 18.0 Å². The predicted molar refractivity (Wildman–Crippen MR) is 47.9 cm³/mol. The van der Waals surface area contributed by atoms with E-state index < -0.39 is 24.9 Å². The molecule has 0 spiro atoms. The number of carbonyl (C=O) groups excluding carboxylic acids is 1. The van der Waals surface area contributed by atoms with Gasteiger partial charge in [0.1, 0.15) is 6.17 Å². The van der Waals surface area contributed by atoms with Gasteiger partial charge in [-0.2, -0.15) is 0 Å². The Bertz CT molecular complexity index is 171. The molecule has 0 saturated heterocycles. The highest BCUT2D eigenvalue weighted by molar-refractivity contribution is 8.13. The standard InChI is InChI=1S/C8H13F3OS/c1-6(9)5-8(10,11)3-4-13-7(2)12/h6H,3-5H2,1-2H3. The third-order valence-electron chi connectivity index (χ3n) is 1.35. The van der Waals surface area contributed by atoms with Crippen LogP contribution in [0.2, 0.25) is 0 Å². The smallest absolute Gasteiger partial charge is 0.251 e. The zero-order chi connectivity index (χ0) is 10.5. The molecule has 0 N–H and O–H groups in total. The second kappa shape index (κ2) is 5.52. The van der Waals surface area contributed by atoms with E-state index in [1.54, 1.807) is 0 Å². The minimum atomic E-state index is -2.99. The molecule has 1 nitrogen and oxygen atoms in total. The van der Waals surface area contributed by atoms with Gasteiger partial charge in [0.25, 0.3) is 5.92 Å². The summed E-state index contributed by atoms with van der Waals surface area (Å²) in [4.78, 5) is 10.4. The molecule has 0 bridgehead atoms. The zero-order valence-electron chi connectivity index (χ0n) is 7.65. The molecule has 1 unspecified atom stereocenters. The minimum Gasteiger partial charge on any atom is -0.288 e. The lowest BCUT2D eigenvalue weighted by molar-refractivity contribution is -0.109. The summed E-state index contributed by atoms with van der Waals surface area (Å²) >= 11 is 0.844. The first-order valence-corrected chi connectivity index (χ1v) is 4.97. The van der Waals surface area contributed by atoms with Crippen molar-refractivity contribution in [2.75, 3.05) is 5.75 Å². The average Bonchev–Trinajstić information content (AvgIpc) is 1.81. The highest BCUT2D eigenvalue weighted by Gasteiger charge is 2.30. The lowest BCUT2D eigenvalue weighted by Gasteiger charge is -2.15. The van der Waals surface area contributed by atoms with E-state index in [4.69, 9.17) is 0 Å². The van der Waals surface area contributed by atoms with E-state index in [9.17, 15) is 18.0 Å². The lowest BCUT2D eigenvalue weighted by Crippen LogP contribution is -2.21. The highest BCUT2D eigenvalue weighted by Crippen LogP contribution is 2.27. The molecule has 0 fully saturated rings. The van der Waals surface area contributed by atoms with Gasteiger partial charge in [0.05, 0.1) is 0 Å². The van der Waals surface area contributed by atoms with Crippen molar-refractivity contribution in [1.82, 2.24) is 0 Å². The molecule has 5 heteroatoms. The Morgan fingerprint density at radius 2 is 2.08 bits per heavy atom. The van der Waals surface area contributed by atoms with Gasteiger partial charge >= 0.3 is 0 Å². The van der Waals surface area contributed by atoms with Crippen LogP contribution in [-0.2, 0) is 4.79 Å². The monoisotopic (exact) mass is 214 g/mol. The molecule has 0 aliphatic heterocycles. The first-order chi connectivity index (χ1) is 5.83. The third kappa shape index (κ3) is 8.15. The van der Waals surface area contributed by atoms with Crippen molar-refractivity contribution in [3.63, 3.8) is 0 Å². The molecule has 0 aromatic heterocycles. The topological polar surface area (TPSA) is 17.1 Å². The Labute approximate surface area is 80.1 Å². The first kappa shape index (κ1) is 12.8. The fourth-order valence-electron chi connectivity index (χ4n) is 0.858. The molecule has 0 aromatic rings. The summed E-state index contributed by atoms with van der Waals surface area (Å²) in [6.45, 7) is 2.42. The molecule has 0 aromatic carbocycles. The molecule has 0 aliphatic carbocycles. The molecular formula is C8H13F3OS. The van der Waals surface area contributed by atoms with Crippen LogP contribution in [-0.4, -0.2) is 23.0 Å². The van der Waals surface area contributed by atoms with Crippen molar-refractivity contribution in [1.29, 1.82) is 0 Å². The van der Waals surface area contributed by atoms with Crippen LogP contribution in [0.15, 0.2) is 0 Å². The average molecular weight is 214 g/mol. The van der Waals surface area contributed by atoms with Crippen molar-refractivity contribution in [2.45, 2.75) is 38.8 Å². The summed E-state index contributed by atoms with van der Waals surface area (Å²) < 4.78 is 37.7. The van der Waals surface area contributed by atoms with Crippen LogP contribution in [0.5, 0.6) is 0 Å². The van der Waals surface area contributed by atoms with Crippen LogP contribution < -0.4 is 0 Å². The number of halogens is 3. The van der Waals surface area contributed by atoms with Crippen LogP contribution in [0.1, 0.15) is 26.7 Å². The maximum Gasteiger partial charge on any atom is 0.251 e. The van der Waals surface area contributed by atoms with Crippen LogP contribution in [0.4, 0.5) is 13.2 Å². The summed E-state index contributed by atoms with van der Waals surface area (Å²) in [7, 11) is 0. The maximum absolute atomic E-state index is 12.8. The number of thioether (sulfide) groups is 1. The maximum atomic E-state index is 12.8. The Hall–Kier alpha value is -0.190. The minimum absolute atomic E-state index is 0.0506.